The molecule has 1 saturated heterocycles. The van der Waals surface area contributed by atoms with E-state index in [1.54, 1.807) is 17.0 Å². The minimum atomic E-state index is -3.59. The maximum Gasteiger partial charge on any atom is 0.289 e. The average molecular weight is 324 g/mol. The van der Waals surface area contributed by atoms with Gasteiger partial charge in [0.25, 0.3) is 15.9 Å². The molecule has 0 atom stereocenters. The molecule has 0 bridgehead atoms. The van der Waals surface area contributed by atoms with Crippen LogP contribution in [0.4, 0.5) is 0 Å². The fraction of sp³-hybridized carbons (Fsp3) is 0.385. The first-order valence-corrected chi connectivity index (χ1v) is 8.34. The van der Waals surface area contributed by atoms with Gasteiger partial charge >= 0.3 is 0 Å². The van der Waals surface area contributed by atoms with Crippen LogP contribution in [0.2, 0.25) is 0 Å². The summed E-state index contributed by atoms with van der Waals surface area (Å²) >= 11 is 0. The number of nitrogens with zero attached hydrogens (tertiary/aromatic N) is 3. The van der Waals surface area contributed by atoms with Gasteiger partial charge in [0, 0.05) is 26.2 Å². The normalized spacial score (nSPS) is 17.4. The van der Waals surface area contributed by atoms with Gasteiger partial charge in [-0.15, -0.1) is 0 Å². The number of aromatic amines is 1. The van der Waals surface area contributed by atoms with Crippen LogP contribution in [0.3, 0.4) is 0 Å². The summed E-state index contributed by atoms with van der Waals surface area (Å²) in [7, 11) is -3.59. The standard InChI is InChI=1S/C13H16N4O4S/c18-13(11-3-1-8-21-11)16-4-2-5-17(7-6-16)22(19,20)12-9-14-10-15-12/h1,3,8-10H,2,4-7H2,(H,14,15). The fourth-order valence-electron chi connectivity index (χ4n) is 2.42. The van der Waals surface area contributed by atoms with Crippen LogP contribution in [0.25, 0.3) is 0 Å². The Kier molecular flexibility index (Phi) is 3.99. The lowest BCUT2D eigenvalue weighted by atomic mass is 10.3. The lowest BCUT2D eigenvalue weighted by Gasteiger charge is -2.20. The van der Waals surface area contributed by atoms with E-state index in [0.29, 0.717) is 26.1 Å². The predicted octanol–water partition coefficient (Wildman–Crippen LogP) is 0.540. The summed E-state index contributed by atoms with van der Waals surface area (Å²) < 4.78 is 31.4. The van der Waals surface area contributed by atoms with Crippen molar-refractivity contribution in [3.8, 4) is 0 Å². The van der Waals surface area contributed by atoms with Crippen LogP contribution >= 0.6 is 0 Å². The zero-order valence-corrected chi connectivity index (χ0v) is 12.6. The molecule has 3 heterocycles. The minimum absolute atomic E-state index is 0.0679. The summed E-state index contributed by atoms with van der Waals surface area (Å²) in [6.07, 6.45) is 4.63. The summed E-state index contributed by atoms with van der Waals surface area (Å²) in [5.41, 5.74) is 0. The first-order valence-electron chi connectivity index (χ1n) is 6.90. The third-order valence-corrected chi connectivity index (χ3v) is 5.39. The number of amides is 1. The fourth-order valence-corrected chi connectivity index (χ4v) is 3.78. The van der Waals surface area contributed by atoms with Crippen LogP contribution in [0.1, 0.15) is 17.0 Å². The highest BCUT2D eigenvalue weighted by molar-refractivity contribution is 7.89. The molecule has 1 fully saturated rings. The molecule has 1 amide bonds. The Morgan fingerprint density at radius 1 is 1.27 bits per heavy atom. The van der Waals surface area contributed by atoms with Crippen molar-refractivity contribution in [1.82, 2.24) is 19.2 Å². The lowest BCUT2D eigenvalue weighted by Crippen LogP contribution is -2.37. The third-order valence-electron chi connectivity index (χ3n) is 3.56. The lowest BCUT2D eigenvalue weighted by molar-refractivity contribution is 0.0732. The van der Waals surface area contributed by atoms with Crippen LogP contribution in [-0.2, 0) is 10.0 Å². The SMILES string of the molecule is O=C(c1ccco1)N1CCCN(S(=O)(=O)c2cnc[nH]2)CC1. The van der Waals surface area contributed by atoms with Gasteiger partial charge in [-0.2, -0.15) is 4.31 Å². The van der Waals surface area contributed by atoms with Gasteiger partial charge in [-0.25, -0.2) is 13.4 Å². The second-order valence-corrected chi connectivity index (χ2v) is 6.85. The van der Waals surface area contributed by atoms with Crippen molar-refractivity contribution < 1.29 is 17.6 Å². The van der Waals surface area contributed by atoms with Gasteiger partial charge < -0.3 is 14.3 Å². The van der Waals surface area contributed by atoms with Gasteiger partial charge in [0.15, 0.2) is 10.8 Å². The zero-order valence-electron chi connectivity index (χ0n) is 11.8. The van der Waals surface area contributed by atoms with E-state index in [4.69, 9.17) is 4.42 Å². The zero-order chi connectivity index (χ0) is 15.6. The summed E-state index contributed by atoms with van der Waals surface area (Å²) in [6.45, 7) is 1.43. The van der Waals surface area contributed by atoms with Gasteiger partial charge in [0.2, 0.25) is 0 Å². The number of carbonyl (C=O) groups excluding carboxylic acids is 1. The molecule has 0 spiro atoms. The maximum atomic E-state index is 12.4. The van der Waals surface area contributed by atoms with Gasteiger partial charge in [-0.1, -0.05) is 0 Å². The van der Waals surface area contributed by atoms with E-state index < -0.39 is 10.0 Å². The number of imidazole rings is 1. The Morgan fingerprint density at radius 3 is 2.82 bits per heavy atom. The second kappa shape index (κ2) is 5.93. The molecular weight excluding hydrogens is 308 g/mol. The number of H-pyrrole nitrogens is 1. The Morgan fingerprint density at radius 2 is 2.14 bits per heavy atom. The van der Waals surface area contributed by atoms with E-state index >= 15 is 0 Å². The number of rotatable bonds is 3. The molecule has 2 aromatic heterocycles. The molecule has 3 rings (SSSR count). The Balaban J connectivity index is 1.72. The highest BCUT2D eigenvalue weighted by atomic mass is 32.2. The van der Waals surface area contributed by atoms with E-state index in [0.717, 1.165) is 0 Å². The topological polar surface area (TPSA) is 99.5 Å². The van der Waals surface area contributed by atoms with Crippen LogP contribution in [0, 0.1) is 0 Å². The maximum absolute atomic E-state index is 12.4. The van der Waals surface area contributed by atoms with Crippen molar-refractivity contribution in [2.75, 3.05) is 26.2 Å². The number of furan rings is 1. The number of aromatic nitrogens is 2. The predicted molar refractivity (Wildman–Crippen MR) is 76.6 cm³/mol. The Bertz CT molecular complexity index is 724. The van der Waals surface area contributed by atoms with E-state index in [-0.39, 0.29) is 23.2 Å². The largest absolute Gasteiger partial charge is 0.459 e. The quantitative estimate of drug-likeness (QED) is 0.888. The Hall–Kier alpha value is -2.13. The van der Waals surface area contributed by atoms with E-state index in [2.05, 4.69) is 9.97 Å². The molecule has 1 N–H and O–H groups in total. The van der Waals surface area contributed by atoms with Gasteiger partial charge in [0.05, 0.1) is 18.8 Å². The molecule has 118 valence electrons. The summed E-state index contributed by atoms with van der Waals surface area (Å²) in [5, 5.41) is 0.0679. The van der Waals surface area contributed by atoms with Crippen molar-refractivity contribution in [3.05, 3.63) is 36.7 Å². The number of hydrogen-bond donors (Lipinski definition) is 1. The van der Waals surface area contributed by atoms with Crippen molar-refractivity contribution in [2.45, 2.75) is 11.4 Å². The minimum Gasteiger partial charge on any atom is -0.459 e. The number of hydrogen-bond acceptors (Lipinski definition) is 5. The number of carbonyl (C=O) groups is 1. The first-order chi connectivity index (χ1) is 10.6. The Labute approximate surface area is 127 Å². The molecule has 1 aliphatic rings. The van der Waals surface area contributed by atoms with E-state index in [9.17, 15) is 13.2 Å². The van der Waals surface area contributed by atoms with Crippen LogP contribution in [0.5, 0.6) is 0 Å². The van der Waals surface area contributed by atoms with Crippen molar-refractivity contribution >= 4 is 15.9 Å². The molecule has 1 aliphatic heterocycles. The van der Waals surface area contributed by atoms with Crippen LogP contribution < -0.4 is 0 Å². The molecule has 0 aromatic carbocycles. The smallest absolute Gasteiger partial charge is 0.289 e. The molecule has 0 radical (unpaired) electrons. The van der Waals surface area contributed by atoms with Gasteiger partial charge in [-0.05, 0) is 18.6 Å². The highest BCUT2D eigenvalue weighted by Gasteiger charge is 2.29. The van der Waals surface area contributed by atoms with Crippen molar-refractivity contribution in [3.63, 3.8) is 0 Å². The third kappa shape index (κ3) is 2.77. The molecule has 0 saturated carbocycles. The molecular formula is C13H16N4O4S. The molecule has 2 aromatic rings. The molecule has 22 heavy (non-hydrogen) atoms. The van der Waals surface area contributed by atoms with Crippen molar-refractivity contribution in [2.24, 2.45) is 0 Å². The number of sulfonamides is 1. The molecule has 8 nitrogen and oxygen atoms in total. The molecule has 0 aliphatic carbocycles. The van der Waals surface area contributed by atoms with Gasteiger partial charge in [-0.3, -0.25) is 4.79 Å². The average Bonchev–Trinajstić information content (AvgIpc) is 3.16. The van der Waals surface area contributed by atoms with Crippen LogP contribution in [-0.4, -0.2) is 59.7 Å². The van der Waals surface area contributed by atoms with Crippen LogP contribution in [0.15, 0.2) is 40.4 Å². The van der Waals surface area contributed by atoms with E-state index in [1.807, 2.05) is 0 Å². The summed E-state index contributed by atoms with van der Waals surface area (Å²) in [4.78, 5) is 20.2. The summed E-state index contributed by atoms with van der Waals surface area (Å²) in [6, 6.07) is 3.26. The molecule has 9 heteroatoms. The monoisotopic (exact) mass is 324 g/mol. The highest BCUT2D eigenvalue weighted by Crippen LogP contribution is 2.16. The van der Waals surface area contributed by atoms with Gasteiger partial charge in [0.1, 0.15) is 0 Å². The first kappa shape index (κ1) is 14.8. The number of nitrogens with one attached hydrogen (secondary N) is 1. The van der Waals surface area contributed by atoms with E-state index in [1.165, 1.54) is 23.1 Å². The second-order valence-electron chi connectivity index (χ2n) is 4.94. The molecule has 0 unspecified atom stereocenters. The summed E-state index contributed by atoms with van der Waals surface area (Å²) in [5.74, 6) is 0.0515. The van der Waals surface area contributed by atoms with Crippen molar-refractivity contribution in [1.29, 1.82) is 0 Å².